The molecule has 0 spiro atoms. The number of nitrogens with zero attached hydrogens (tertiary/aromatic N) is 2. The van der Waals surface area contributed by atoms with Gasteiger partial charge in [-0.1, -0.05) is 0 Å². The molecule has 1 heterocycles. The molecular formula is C22H27N3O3S. The van der Waals surface area contributed by atoms with Crippen LogP contribution in [0.25, 0.3) is 0 Å². The number of rotatable bonds is 4. The minimum Gasteiger partial charge on any atom is -0.351 e. The molecule has 6 rings (SSSR count). The van der Waals surface area contributed by atoms with Gasteiger partial charge >= 0.3 is 0 Å². The Hall–Kier alpha value is -1.91. The summed E-state index contributed by atoms with van der Waals surface area (Å²) in [5.41, 5.74) is 0.418. The Morgan fingerprint density at radius 1 is 1.03 bits per heavy atom. The molecule has 1 N–H and O–H groups in total. The van der Waals surface area contributed by atoms with E-state index < -0.39 is 16.1 Å². The molecule has 154 valence electrons. The summed E-state index contributed by atoms with van der Waals surface area (Å²) in [6, 6.07) is 7.51. The van der Waals surface area contributed by atoms with Crippen LogP contribution in [0, 0.1) is 35.0 Å². The molecule has 4 bridgehead atoms. The molecule has 4 aliphatic carbocycles. The molecular weight excluding hydrogens is 386 g/mol. The highest BCUT2D eigenvalue weighted by Crippen LogP contribution is 2.53. The first-order valence-electron chi connectivity index (χ1n) is 10.8. The minimum atomic E-state index is -3.76. The lowest BCUT2D eigenvalue weighted by molar-refractivity contribution is -0.128. The Bertz CT molecular complexity index is 923. The van der Waals surface area contributed by atoms with Crippen LogP contribution in [-0.2, 0) is 14.8 Å². The number of hydrogen-bond donors (Lipinski definition) is 1. The van der Waals surface area contributed by atoms with Gasteiger partial charge in [0.05, 0.1) is 16.5 Å². The van der Waals surface area contributed by atoms with E-state index in [-0.39, 0.29) is 16.8 Å². The second-order valence-corrected chi connectivity index (χ2v) is 11.3. The van der Waals surface area contributed by atoms with Crippen LogP contribution in [0.5, 0.6) is 0 Å². The van der Waals surface area contributed by atoms with Crippen LogP contribution in [0.4, 0.5) is 0 Å². The van der Waals surface area contributed by atoms with Crippen molar-refractivity contribution in [1.82, 2.24) is 9.62 Å². The predicted octanol–water partition coefficient (Wildman–Crippen LogP) is 2.65. The van der Waals surface area contributed by atoms with E-state index in [0.717, 1.165) is 11.8 Å². The third-order valence-corrected chi connectivity index (χ3v) is 9.55. The SMILES string of the molecule is N#Cc1ccc(S(=O)(=O)N2CCC[C@@H]2C(=O)NC2C3CC4CC(C3)CC2C4)cc1. The van der Waals surface area contributed by atoms with Crippen molar-refractivity contribution in [3.63, 3.8) is 0 Å². The Labute approximate surface area is 172 Å². The van der Waals surface area contributed by atoms with Gasteiger partial charge in [0.2, 0.25) is 15.9 Å². The van der Waals surface area contributed by atoms with Gasteiger partial charge < -0.3 is 5.32 Å². The monoisotopic (exact) mass is 413 g/mol. The summed E-state index contributed by atoms with van der Waals surface area (Å²) in [6.07, 6.45) is 7.49. The first kappa shape index (κ1) is 19.1. The molecule has 0 aromatic heterocycles. The van der Waals surface area contributed by atoms with Gasteiger partial charge in [0, 0.05) is 12.6 Å². The van der Waals surface area contributed by atoms with Crippen molar-refractivity contribution in [1.29, 1.82) is 5.26 Å². The van der Waals surface area contributed by atoms with Crippen LogP contribution in [0.15, 0.2) is 29.2 Å². The molecule has 7 heteroatoms. The lowest BCUT2D eigenvalue weighted by Crippen LogP contribution is -2.58. The van der Waals surface area contributed by atoms with Gasteiger partial charge in [-0.3, -0.25) is 4.79 Å². The lowest BCUT2D eigenvalue weighted by Gasteiger charge is -2.54. The van der Waals surface area contributed by atoms with Crippen LogP contribution in [0.3, 0.4) is 0 Å². The van der Waals surface area contributed by atoms with Crippen LogP contribution >= 0.6 is 0 Å². The van der Waals surface area contributed by atoms with E-state index in [1.807, 2.05) is 6.07 Å². The highest BCUT2D eigenvalue weighted by atomic mass is 32.2. The zero-order chi connectivity index (χ0) is 20.2. The molecule has 4 saturated carbocycles. The standard InChI is InChI=1S/C22H27N3O3S/c23-13-14-3-5-19(6-4-14)29(27,28)25-7-1-2-20(25)22(26)24-21-17-9-15-8-16(11-17)12-18(21)10-15/h3-6,15-18,20-21H,1-2,7-12H2,(H,24,26)/t15?,16?,17?,18?,20-,21?/m1/s1. The molecule has 6 nitrogen and oxygen atoms in total. The van der Waals surface area contributed by atoms with Crippen molar-refractivity contribution in [3.05, 3.63) is 29.8 Å². The zero-order valence-corrected chi connectivity index (χ0v) is 17.3. The Balaban J connectivity index is 1.32. The maximum Gasteiger partial charge on any atom is 0.243 e. The quantitative estimate of drug-likeness (QED) is 0.822. The number of hydrogen-bond acceptors (Lipinski definition) is 4. The summed E-state index contributed by atoms with van der Waals surface area (Å²) in [4.78, 5) is 13.3. The molecule has 0 radical (unpaired) electrons. The Morgan fingerprint density at radius 3 is 2.24 bits per heavy atom. The fraction of sp³-hybridized carbons (Fsp3) is 0.636. The largest absolute Gasteiger partial charge is 0.351 e. The molecule has 5 fully saturated rings. The third-order valence-electron chi connectivity index (χ3n) is 7.63. The Kier molecular flexibility index (Phi) is 4.67. The summed E-state index contributed by atoms with van der Waals surface area (Å²) >= 11 is 0. The van der Waals surface area contributed by atoms with E-state index in [1.54, 1.807) is 0 Å². The highest BCUT2D eigenvalue weighted by Gasteiger charge is 2.49. The van der Waals surface area contributed by atoms with Crippen molar-refractivity contribution in [2.45, 2.75) is 61.9 Å². The number of nitriles is 1. The van der Waals surface area contributed by atoms with Crippen LogP contribution in [0.2, 0.25) is 0 Å². The van der Waals surface area contributed by atoms with Gasteiger partial charge in [-0.25, -0.2) is 8.42 Å². The number of nitrogens with one attached hydrogen (secondary N) is 1. The van der Waals surface area contributed by atoms with Crippen molar-refractivity contribution in [3.8, 4) is 6.07 Å². The van der Waals surface area contributed by atoms with E-state index in [4.69, 9.17) is 5.26 Å². The van der Waals surface area contributed by atoms with Gasteiger partial charge in [0.1, 0.15) is 6.04 Å². The van der Waals surface area contributed by atoms with Crippen molar-refractivity contribution < 1.29 is 13.2 Å². The van der Waals surface area contributed by atoms with Crippen molar-refractivity contribution in [2.75, 3.05) is 6.54 Å². The minimum absolute atomic E-state index is 0.128. The summed E-state index contributed by atoms with van der Waals surface area (Å²) in [6.45, 7) is 0.363. The normalized spacial score (nSPS) is 36.1. The lowest BCUT2D eigenvalue weighted by atomic mass is 9.54. The fourth-order valence-electron chi connectivity index (χ4n) is 6.55. The molecule has 1 aromatic carbocycles. The average Bonchev–Trinajstić information content (AvgIpc) is 3.21. The van der Waals surface area contributed by atoms with Gasteiger partial charge in [-0.15, -0.1) is 0 Å². The molecule has 1 atom stereocenters. The maximum absolute atomic E-state index is 13.2. The molecule has 5 aliphatic rings. The summed E-state index contributed by atoms with van der Waals surface area (Å²) in [5.74, 6) is 2.69. The van der Waals surface area contributed by atoms with Crippen LogP contribution < -0.4 is 5.32 Å². The summed E-state index contributed by atoms with van der Waals surface area (Å²) < 4.78 is 27.7. The fourth-order valence-corrected chi connectivity index (χ4v) is 8.20. The molecule has 29 heavy (non-hydrogen) atoms. The molecule has 1 aromatic rings. The molecule has 1 amide bonds. The second-order valence-electron chi connectivity index (χ2n) is 9.38. The smallest absolute Gasteiger partial charge is 0.243 e. The average molecular weight is 414 g/mol. The van der Waals surface area contributed by atoms with Gasteiger partial charge in [-0.2, -0.15) is 9.57 Å². The van der Waals surface area contributed by atoms with E-state index in [2.05, 4.69) is 5.32 Å². The molecule has 0 unspecified atom stereocenters. The number of sulfonamides is 1. The van der Waals surface area contributed by atoms with Gasteiger partial charge in [0.15, 0.2) is 0 Å². The van der Waals surface area contributed by atoms with E-state index >= 15 is 0 Å². The molecule has 1 saturated heterocycles. The topological polar surface area (TPSA) is 90.3 Å². The summed E-state index contributed by atoms with van der Waals surface area (Å²) in [7, 11) is -3.76. The van der Waals surface area contributed by atoms with E-state index in [1.165, 1.54) is 60.7 Å². The van der Waals surface area contributed by atoms with Gasteiger partial charge in [0.25, 0.3) is 0 Å². The third kappa shape index (κ3) is 3.27. The highest BCUT2D eigenvalue weighted by molar-refractivity contribution is 7.89. The van der Waals surface area contributed by atoms with E-state index in [0.29, 0.717) is 36.8 Å². The number of carbonyl (C=O) groups is 1. The van der Waals surface area contributed by atoms with Crippen molar-refractivity contribution >= 4 is 15.9 Å². The summed E-state index contributed by atoms with van der Waals surface area (Å²) in [5, 5.41) is 12.2. The zero-order valence-electron chi connectivity index (χ0n) is 16.5. The first-order valence-corrected chi connectivity index (χ1v) is 12.2. The number of amides is 1. The first-order chi connectivity index (χ1) is 14.0. The van der Waals surface area contributed by atoms with E-state index in [9.17, 15) is 13.2 Å². The van der Waals surface area contributed by atoms with Crippen LogP contribution in [-0.4, -0.2) is 37.3 Å². The van der Waals surface area contributed by atoms with Crippen molar-refractivity contribution in [2.24, 2.45) is 23.7 Å². The number of benzene rings is 1. The maximum atomic E-state index is 13.2. The predicted molar refractivity (Wildman–Crippen MR) is 107 cm³/mol. The van der Waals surface area contributed by atoms with Crippen LogP contribution in [0.1, 0.15) is 50.5 Å². The molecule has 1 aliphatic heterocycles. The Morgan fingerprint density at radius 2 is 1.66 bits per heavy atom. The number of carbonyl (C=O) groups excluding carboxylic acids is 1. The second kappa shape index (κ2) is 7.10. The van der Waals surface area contributed by atoms with Gasteiger partial charge in [-0.05, 0) is 92.9 Å².